The molecule has 1 atom stereocenters. The van der Waals surface area contributed by atoms with Crippen LogP contribution in [-0.4, -0.2) is 48.2 Å². The first-order valence-electron chi connectivity index (χ1n) is 9.69. The van der Waals surface area contributed by atoms with Gasteiger partial charge in [0.15, 0.2) is 0 Å². The lowest BCUT2D eigenvalue weighted by Gasteiger charge is -2.31. The van der Waals surface area contributed by atoms with Crippen LogP contribution in [-0.2, 0) is 4.74 Å². The van der Waals surface area contributed by atoms with Crippen molar-refractivity contribution in [1.82, 2.24) is 14.8 Å². The molecule has 1 saturated heterocycles. The van der Waals surface area contributed by atoms with E-state index in [1.807, 2.05) is 71.6 Å². The van der Waals surface area contributed by atoms with Gasteiger partial charge in [-0.15, -0.1) is 0 Å². The highest BCUT2D eigenvalue weighted by Gasteiger charge is 2.20. The molecule has 5 nitrogen and oxygen atoms in total. The highest BCUT2D eigenvalue weighted by molar-refractivity contribution is 5.95. The highest BCUT2D eigenvalue weighted by Crippen LogP contribution is 2.17. The molecule has 2 heterocycles. The first-order chi connectivity index (χ1) is 13.8. The van der Waals surface area contributed by atoms with Crippen molar-refractivity contribution in [2.24, 2.45) is 0 Å². The van der Waals surface area contributed by atoms with E-state index in [9.17, 15) is 4.79 Å². The summed E-state index contributed by atoms with van der Waals surface area (Å²) >= 11 is 0. The number of ether oxygens (including phenoxy) is 1. The Labute approximate surface area is 165 Å². The fraction of sp³-hybridized carbons (Fsp3) is 0.261. The Kier molecular flexibility index (Phi) is 5.85. The number of morpholine rings is 1. The van der Waals surface area contributed by atoms with E-state index in [0.717, 1.165) is 44.1 Å². The minimum Gasteiger partial charge on any atom is -0.379 e. The maximum atomic E-state index is 13.0. The molecule has 2 aromatic carbocycles. The van der Waals surface area contributed by atoms with Crippen molar-refractivity contribution in [3.05, 3.63) is 90.3 Å². The summed E-state index contributed by atoms with van der Waals surface area (Å²) in [6.45, 7) is 4.05. The van der Waals surface area contributed by atoms with Crippen LogP contribution in [0, 0.1) is 0 Å². The van der Waals surface area contributed by atoms with Gasteiger partial charge in [0.2, 0.25) is 0 Å². The molecular weight excluding hydrogens is 350 g/mol. The minimum absolute atomic E-state index is 0.0591. The molecule has 0 saturated carbocycles. The van der Waals surface area contributed by atoms with Crippen molar-refractivity contribution in [3.8, 4) is 5.69 Å². The van der Waals surface area contributed by atoms with Crippen molar-refractivity contribution in [3.63, 3.8) is 0 Å². The molecule has 0 radical (unpaired) electrons. The molecule has 1 amide bonds. The Morgan fingerprint density at radius 2 is 1.71 bits per heavy atom. The number of benzene rings is 2. The SMILES string of the molecule is O=C(N[C@H](CN1CCOCC1)c1ccccc1)c1cccc(-n2cccc2)c1. The smallest absolute Gasteiger partial charge is 0.251 e. The number of carbonyl (C=O) groups excluding carboxylic acids is 1. The zero-order valence-electron chi connectivity index (χ0n) is 15.8. The van der Waals surface area contributed by atoms with E-state index in [2.05, 4.69) is 22.3 Å². The van der Waals surface area contributed by atoms with Gasteiger partial charge in [0.05, 0.1) is 19.3 Å². The van der Waals surface area contributed by atoms with Gasteiger partial charge in [-0.3, -0.25) is 9.69 Å². The van der Waals surface area contributed by atoms with Crippen LogP contribution in [0.4, 0.5) is 0 Å². The van der Waals surface area contributed by atoms with Crippen LogP contribution in [0.15, 0.2) is 79.1 Å². The van der Waals surface area contributed by atoms with E-state index >= 15 is 0 Å². The van der Waals surface area contributed by atoms with Crippen LogP contribution < -0.4 is 5.32 Å². The van der Waals surface area contributed by atoms with E-state index in [1.165, 1.54) is 0 Å². The minimum atomic E-state index is -0.0676. The predicted molar refractivity (Wildman–Crippen MR) is 110 cm³/mol. The molecule has 0 bridgehead atoms. The third-order valence-electron chi connectivity index (χ3n) is 5.06. The summed E-state index contributed by atoms with van der Waals surface area (Å²) in [4.78, 5) is 15.4. The maximum absolute atomic E-state index is 13.0. The third kappa shape index (κ3) is 4.50. The van der Waals surface area contributed by atoms with Crippen LogP contribution in [0.25, 0.3) is 5.69 Å². The summed E-state index contributed by atoms with van der Waals surface area (Å²) < 4.78 is 7.45. The lowest BCUT2D eigenvalue weighted by atomic mass is 10.0. The molecule has 1 N–H and O–H groups in total. The van der Waals surface area contributed by atoms with Gasteiger partial charge < -0.3 is 14.6 Å². The largest absolute Gasteiger partial charge is 0.379 e. The number of amides is 1. The molecule has 1 fully saturated rings. The Bertz CT molecular complexity index is 887. The molecular formula is C23H25N3O2. The molecule has 0 unspecified atom stereocenters. The summed E-state index contributed by atoms with van der Waals surface area (Å²) in [7, 11) is 0. The molecule has 0 aliphatic carbocycles. The van der Waals surface area contributed by atoms with Crippen molar-refractivity contribution >= 4 is 5.91 Å². The van der Waals surface area contributed by atoms with E-state index in [0.29, 0.717) is 5.56 Å². The van der Waals surface area contributed by atoms with Gasteiger partial charge in [-0.2, -0.15) is 0 Å². The maximum Gasteiger partial charge on any atom is 0.251 e. The van der Waals surface area contributed by atoms with Crippen molar-refractivity contribution in [1.29, 1.82) is 0 Å². The topological polar surface area (TPSA) is 46.5 Å². The molecule has 5 heteroatoms. The lowest BCUT2D eigenvalue weighted by Crippen LogP contribution is -2.43. The van der Waals surface area contributed by atoms with Crippen molar-refractivity contribution < 1.29 is 9.53 Å². The standard InChI is InChI=1S/C23H25N3O2/c27-23(20-9-6-10-21(17-20)26-11-4-5-12-26)24-22(19-7-2-1-3-8-19)18-25-13-15-28-16-14-25/h1-12,17,22H,13-16,18H2,(H,24,27)/t22-/m1/s1. The molecule has 3 aromatic rings. The number of nitrogens with one attached hydrogen (secondary N) is 1. The Hall–Kier alpha value is -2.89. The molecule has 4 rings (SSSR count). The average molecular weight is 375 g/mol. The number of nitrogens with zero attached hydrogens (tertiary/aromatic N) is 2. The zero-order chi connectivity index (χ0) is 19.2. The summed E-state index contributed by atoms with van der Waals surface area (Å²) in [5.41, 5.74) is 2.75. The van der Waals surface area contributed by atoms with Gasteiger partial charge in [-0.25, -0.2) is 0 Å². The molecule has 1 aliphatic heterocycles. The van der Waals surface area contributed by atoms with Gasteiger partial charge in [0.25, 0.3) is 5.91 Å². The summed E-state index contributed by atoms with van der Waals surface area (Å²) in [6, 6.07) is 21.7. The first-order valence-corrected chi connectivity index (χ1v) is 9.69. The normalized spacial score (nSPS) is 15.9. The van der Waals surface area contributed by atoms with Crippen molar-refractivity contribution in [2.45, 2.75) is 6.04 Å². The van der Waals surface area contributed by atoms with E-state index in [1.54, 1.807) is 0 Å². The number of hydrogen-bond acceptors (Lipinski definition) is 3. The lowest BCUT2D eigenvalue weighted by molar-refractivity contribution is 0.0332. The summed E-state index contributed by atoms with van der Waals surface area (Å²) in [5, 5.41) is 3.24. The Balaban J connectivity index is 1.52. The first kappa shape index (κ1) is 18.5. The number of hydrogen-bond donors (Lipinski definition) is 1. The van der Waals surface area contributed by atoms with Gasteiger partial charge in [-0.1, -0.05) is 36.4 Å². The average Bonchev–Trinajstić information content (AvgIpc) is 3.30. The molecule has 28 heavy (non-hydrogen) atoms. The van der Waals surface area contributed by atoms with Gasteiger partial charge in [-0.05, 0) is 35.9 Å². The quantitative estimate of drug-likeness (QED) is 0.719. The third-order valence-corrected chi connectivity index (χ3v) is 5.06. The number of aromatic nitrogens is 1. The summed E-state index contributed by atoms with van der Waals surface area (Å²) in [5.74, 6) is -0.0591. The monoisotopic (exact) mass is 375 g/mol. The van der Waals surface area contributed by atoms with Gasteiger partial charge in [0, 0.05) is 43.3 Å². The second-order valence-corrected chi connectivity index (χ2v) is 6.99. The predicted octanol–water partition coefficient (Wildman–Crippen LogP) is 3.28. The number of rotatable bonds is 6. The second-order valence-electron chi connectivity index (χ2n) is 6.99. The second kappa shape index (κ2) is 8.87. The Morgan fingerprint density at radius 1 is 0.964 bits per heavy atom. The molecule has 1 aliphatic rings. The van der Waals surface area contributed by atoms with Crippen molar-refractivity contribution in [2.75, 3.05) is 32.8 Å². The fourth-order valence-corrected chi connectivity index (χ4v) is 3.52. The fourth-order valence-electron chi connectivity index (χ4n) is 3.52. The molecule has 0 spiro atoms. The van der Waals surface area contributed by atoms with E-state index in [-0.39, 0.29) is 11.9 Å². The zero-order valence-corrected chi connectivity index (χ0v) is 15.8. The van der Waals surface area contributed by atoms with E-state index in [4.69, 9.17) is 4.74 Å². The van der Waals surface area contributed by atoms with Crippen LogP contribution >= 0.6 is 0 Å². The Morgan fingerprint density at radius 3 is 2.46 bits per heavy atom. The van der Waals surface area contributed by atoms with Gasteiger partial charge in [0.1, 0.15) is 0 Å². The molecule has 144 valence electrons. The van der Waals surface area contributed by atoms with E-state index < -0.39 is 0 Å². The van der Waals surface area contributed by atoms with Crippen LogP contribution in [0.2, 0.25) is 0 Å². The molecule has 1 aromatic heterocycles. The van der Waals surface area contributed by atoms with Crippen LogP contribution in [0.3, 0.4) is 0 Å². The number of carbonyl (C=O) groups is 1. The highest BCUT2D eigenvalue weighted by atomic mass is 16.5. The van der Waals surface area contributed by atoms with Crippen LogP contribution in [0.5, 0.6) is 0 Å². The van der Waals surface area contributed by atoms with Crippen LogP contribution in [0.1, 0.15) is 22.0 Å². The summed E-state index contributed by atoms with van der Waals surface area (Å²) in [6.07, 6.45) is 3.95. The van der Waals surface area contributed by atoms with Gasteiger partial charge >= 0.3 is 0 Å².